The molecule has 1 N–H and O–H groups in total. The Labute approximate surface area is 96.9 Å². The van der Waals surface area contributed by atoms with Gasteiger partial charge in [-0.25, -0.2) is 0 Å². The van der Waals surface area contributed by atoms with Crippen molar-refractivity contribution in [3.05, 3.63) is 0 Å². The van der Waals surface area contributed by atoms with Crippen LogP contribution in [-0.2, 0) is 9.47 Å². The lowest BCUT2D eigenvalue weighted by Gasteiger charge is -2.23. The van der Waals surface area contributed by atoms with Crippen molar-refractivity contribution in [1.82, 2.24) is 10.2 Å². The molecule has 1 fully saturated rings. The van der Waals surface area contributed by atoms with Gasteiger partial charge in [0, 0.05) is 33.4 Å². The summed E-state index contributed by atoms with van der Waals surface area (Å²) < 4.78 is 10.3. The zero-order valence-corrected chi connectivity index (χ0v) is 10.5. The number of nitrogens with one attached hydrogen (secondary N) is 1. The molecule has 0 bridgehead atoms. The summed E-state index contributed by atoms with van der Waals surface area (Å²) in [5.74, 6) is 0. The number of hydrogen-bond acceptors (Lipinski definition) is 3. The molecule has 5 heteroatoms. The molecule has 1 aliphatic heterocycles. The van der Waals surface area contributed by atoms with Crippen molar-refractivity contribution < 1.29 is 9.47 Å². The number of thiocarbonyl (C=S) groups is 1. The molecule has 15 heavy (non-hydrogen) atoms. The molecule has 0 aromatic rings. The van der Waals surface area contributed by atoms with Crippen LogP contribution in [0.3, 0.4) is 0 Å². The molecule has 4 nitrogen and oxygen atoms in total. The van der Waals surface area contributed by atoms with Gasteiger partial charge in [0.2, 0.25) is 0 Å². The van der Waals surface area contributed by atoms with Crippen LogP contribution < -0.4 is 5.32 Å². The van der Waals surface area contributed by atoms with E-state index >= 15 is 0 Å². The van der Waals surface area contributed by atoms with E-state index in [4.69, 9.17) is 21.7 Å². The molecular formula is C10H20N2O2S. The van der Waals surface area contributed by atoms with Crippen LogP contribution in [0.25, 0.3) is 0 Å². The largest absolute Gasteiger partial charge is 0.383 e. The average molecular weight is 232 g/mol. The zero-order valence-electron chi connectivity index (χ0n) is 9.66. The first-order valence-corrected chi connectivity index (χ1v) is 5.65. The smallest absolute Gasteiger partial charge is 0.169 e. The number of hydrogen-bond donors (Lipinski definition) is 1. The Bertz CT molecular complexity index is 214. The Balaban J connectivity index is 2.29. The summed E-state index contributed by atoms with van der Waals surface area (Å²) in [7, 11) is 3.44. The van der Waals surface area contributed by atoms with E-state index in [0.717, 1.165) is 24.6 Å². The van der Waals surface area contributed by atoms with E-state index in [9.17, 15) is 0 Å². The summed E-state index contributed by atoms with van der Waals surface area (Å²) in [6.07, 6.45) is 1.37. The molecule has 0 aromatic heterocycles. The highest BCUT2D eigenvalue weighted by molar-refractivity contribution is 7.80. The van der Waals surface area contributed by atoms with Gasteiger partial charge in [0.1, 0.15) is 0 Å². The van der Waals surface area contributed by atoms with Gasteiger partial charge in [-0.05, 0) is 25.6 Å². The summed E-state index contributed by atoms with van der Waals surface area (Å²) in [6.45, 7) is 4.59. The first-order chi connectivity index (χ1) is 7.17. The molecule has 0 radical (unpaired) electrons. The summed E-state index contributed by atoms with van der Waals surface area (Å²) in [6, 6.07) is 0.254. The zero-order chi connectivity index (χ0) is 11.3. The van der Waals surface area contributed by atoms with E-state index in [0.29, 0.717) is 12.7 Å². The lowest BCUT2D eigenvalue weighted by atomic mass is 10.3. The van der Waals surface area contributed by atoms with Gasteiger partial charge >= 0.3 is 0 Å². The van der Waals surface area contributed by atoms with Crippen molar-refractivity contribution in [2.24, 2.45) is 0 Å². The topological polar surface area (TPSA) is 33.7 Å². The van der Waals surface area contributed by atoms with Gasteiger partial charge in [-0.15, -0.1) is 0 Å². The summed E-state index contributed by atoms with van der Waals surface area (Å²) >= 11 is 5.31. The van der Waals surface area contributed by atoms with Crippen molar-refractivity contribution in [3.63, 3.8) is 0 Å². The highest BCUT2D eigenvalue weighted by Crippen LogP contribution is 2.11. The number of nitrogens with zero attached hydrogens (tertiary/aromatic N) is 1. The van der Waals surface area contributed by atoms with Gasteiger partial charge in [-0.1, -0.05) is 0 Å². The minimum Gasteiger partial charge on any atom is -0.383 e. The molecule has 2 atom stereocenters. The minimum absolute atomic E-state index is 0.254. The maximum atomic E-state index is 5.31. The van der Waals surface area contributed by atoms with Crippen molar-refractivity contribution >= 4 is 17.3 Å². The highest BCUT2D eigenvalue weighted by atomic mass is 32.1. The Hall–Kier alpha value is -0.390. The predicted octanol–water partition coefficient (Wildman–Crippen LogP) is 0.616. The highest BCUT2D eigenvalue weighted by Gasteiger charge is 2.24. The van der Waals surface area contributed by atoms with Crippen molar-refractivity contribution in [2.45, 2.75) is 25.5 Å². The standard InChI is InChI=1S/C10H20N2O2S/c1-8(7-13-2)11-10(15)12-5-4-9(6-12)14-3/h8-9H,4-7H2,1-3H3,(H,11,15). The second kappa shape index (κ2) is 6.25. The van der Waals surface area contributed by atoms with E-state index in [1.54, 1.807) is 14.2 Å². The van der Waals surface area contributed by atoms with Crippen LogP contribution >= 0.6 is 12.2 Å². The first kappa shape index (κ1) is 12.7. The molecule has 0 aromatic carbocycles. The number of rotatable bonds is 4. The third-order valence-electron chi connectivity index (χ3n) is 2.55. The second-order valence-corrected chi connectivity index (χ2v) is 4.28. The van der Waals surface area contributed by atoms with Crippen LogP contribution in [0.4, 0.5) is 0 Å². The second-order valence-electron chi connectivity index (χ2n) is 3.90. The summed E-state index contributed by atoms with van der Waals surface area (Å²) in [4.78, 5) is 2.15. The van der Waals surface area contributed by atoms with E-state index in [2.05, 4.69) is 17.1 Å². The molecule has 0 spiro atoms. The fourth-order valence-corrected chi connectivity index (χ4v) is 2.07. The van der Waals surface area contributed by atoms with Crippen LogP contribution in [-0.4, -0.2) is 56.1 Å². The fraction of sp³-hybridized carbons (Fsp3) is 0.900. The van der Waals surface area contributed by atoms with Gasteiger partial charge in [-0.3, -0.25) is 0 Å². The van der Waals surface area contributed by atoms with Crippen LogP contribution in [0.5, 0.6) is 0 Å². The Kier molecular flexibility index (Phi) is 5.28. The fourth-order valence-electron chi connectivity index (χ4n) is 1.70. The molecule has 1 aliphatic rings. The van der Waals surface area contributed by atoms with Gasteiger partial charge in [-0.2, -0.15) is 0 Å². The number of likely N-dealkylation sites (tertiary alicyclic amines) is 1. The monoisotopic (exact) mass is 232 g/mol. The quantitative estimate of drug-likeness (QED) is 0.719. The lowest BCUT2D eigenvalue weighted by Crippen LogP contribution is -2.44. The van der Waals surface area contributed by atoms with E-state index in [1.165, 1.54) is 0 Å². The van der Waals surface area contributed by atoms with Crippen LogP contribution in [0, 0.1) is 0 Å². The Morgan fingerprint density at radius 1 is 1.60 bits per heavy atom. The SMILES string of the molecule is COCC(C)NC(=S)N1CCC(OC)C1. The molecule has 0 aliphatic carbocycles. The number of ether oxygens (including phenoxy) is 2. The molecule has 1 saturated heterocycles. The average Bonchev–Trinajstić information content (AvgIpc) is 2.66. The summed E-state index contributed by atoms with van der Waals surface area (Å²) in [5.41, 5.74) is 0. The predicted molar refractivity (Wildman–Crippen MR) is 64.1 cm³/mol. The molecular weight excluding hydrogens is 212 g/mol. The molecule has 88 valence electrons. The maximum Gasteiger partial charge on any atom is 0.169 e. The van der Waals surface area contributed by atoms with Crippen molar-refractivity contribution in [1.29, 1.82) is 0 Å². The van der Waals surface area contributed by atoms with Gasteiger partial charge in [0.15, 0.2) is 5.11 Å². The van der Waals surface area contributed by atoms with Gasteiger partial charge in [0.25, 0.3) is 0 Å². The Morgan fingerprint density at radius 2 is 2.33 bits per heavy atom. The minimum atomic E-state index is 0.254. The van der Waals surface area contributed by atoms with Crippen LogP contribution in [0.2, 0.25) is 0 Å². The van der Waals surface area contributed by atoms with E-state index in [1.807, 2.05) is 0 Å². The third-order valence-corrected chi connectivity index (χ3v) is 2.93. The normalized spacial score (nSPS) is 22.9. The van der Waals surface area contributed by atoms with Crippen molar-refractivity contribution in [2.75, 3.05) is 33.9 Å². The third kappa shape index (κ3) is 3.93. The van der Waals surface area contributed by atoms with Crippen molar-refractivity contribution in [3.8, 4) is 0 Å². The lowest BCUT2D eigenvalue weighted by molar-refractivity contribution is 0.114. The Morgan fingerprint density at radius 3 is 2.87 bits per heavy atom. The maximum absolute atomic E-state index is 5.31. The van der Waals surface area contributed by atoms with E-state index in [-0.39, 0.29) is 6.04 Å². The van der Waals surface area contributed by atoms with E-state index < -0.39 is 0 Å². The molecule has 1 rings (SSSR count). The molecule has 0 saturated carbocycles. The molecule has 2 unspecified atom stereocenters. The molecule has 0 amide bonds. The first-order valence-electron chi connectivity index (χ1n) is 5.24. The van der Waals surface area contributed by atoms with Crippen LogP contribution in [0.1, 0.15) is 13.3 Å². The van der Waals surface area contributed by atoms with Crippen LogP contribution in [0.15, 0.2) is 0 Å². The summed E-state index contributed by atoms with van der Waals surface area (Å²) in [5, 5.41) is 4.05. The van der Waals surface area contributed by atoms with Gasteiger partial charge < -0.3 is 19.7 Å². The molecule has 1 heterocycles. The van der Waals surface area contributed by atoms with Gasteiger partial charge in [0.05, 0.1) is 12.7 Å². The number of methoxy groups -OCH3 is 2.